The lowest BCUT2D eigenvalue weighted by Gasteiger charge is -2.22. The summed E-state index contributed by atoms with van der Waals surface area (Å²) in [4.78, 5) is 13.9. The monoisotopic (exact) mass is 246 g/mol. The van der Waals surface area contributed by atoms with Crippen LogP contribution in [-0.4, -0.2) is 42.1 Å². The van der Waals surface area contributed by atoms with Gasteiger partial charge in [-0.1, -0.05) is 19.1 Å². The van der Waals surface area contributed by atoms with Crippen molar-refractivity contribution < 1.29 is 9.53 Å². The van der Waals surface area contributed by atoms with Gasteiger partial charge in [0, 0.05) is 20.1 Å². The fourth-order valence-corrected chi connectivity index (χ4v) is 1.51. The number of rotatable bonds is 8. The van der Waals surface area contributed by atoms with E-state index in [0.717, 1.165) is 12.8 Å². The zero-order chi connectivity index (χ0) is 12.6. The zero-order valence-corrected chi connectivity index (χ0v) is 11.2. The molecule has 0 saturated carbocycles. The molecule has 0 rings (SSSR count). The summed E-state index contributed by atoms with van der Waals surface area (Å²) in [5.74, 6) is 0.0959. The lowest BCUT2D eigenvalue weighted by molar-refractivity contribution is -0.131. The second-order valence-electron chi connectivity index (χ2n) is 3.87. The first-order valence-electron chi connectivity index (χ1n) is 5.60. The standard InChI is InChI=1S/C11H22N2O2S/c1-4-7-13(8-10(12)16)11(14)6-5-9(2)15-3/h9H,4-8H2,1-3H3,(H2,12,16). The Morgan fingerprint density at radius 1 is 1.56 bits per heavy atom. The summed E-state index contributed by atoms with van der Waals surface area (Å²) in [5.41, 5.74) is 5.46. The second kappa shape index (κ2) is 8.47. The number of hydrogen-bond donors (Lipinski definition) is 1. The van der Waals surface area contributed by atoms with Crippen LogP contribution < -0.4 is 5.73 Å². The molecule has 16 heavy (non-hydrogen) atoms. The molecular formula is C11H22N2O2S. The van der Waals surface area contributed by atoms with Gasteiger partial charge in [-0.2, -0.15) is 0 Å². The molecule has 1 unspecified atom stereocenters. The maximum absolute atomic E-state index is 11.8. The first-order chi connectivity index (χ1) is 7.51. The molecule has 1 atom stereocenters. The maximum Gasteiger partial charge on any atom is 0.223 e. The van der Waals surface area contributed by atoms with Crippen LogP contribution in [0.25, 0.3) is 0 Å². The largest absolute Gasteiger partial charge is 0.392 e. The van der Waals surface area contributed by atoms with Crippen LogP contribution >= 0.6 is 12.2 Å². The van der Waals surface area contributed by atoms with Crippen molar-refractivity contribution in [1.29, 1.82) is 0 Å². The summed E-state index contributed by atoms with van der Waals surface area (Å²) in [6.07, 6.45) is 2.23. The van der Waals surface area contributed by atoms with Crippen molar-refractivity contribution in [2.75, 3.05) is 20.2 Å². The van der Waals surface area contributed by atoms with Crippen molar-refractivity contribution in [3.63, 3.8) is 0 Å². The van der Waals surface area contributed by atoms with Crippen molar-refractivity contribution in [2.45, 2.75) is 39.2 Å². The summed E-state index contributed by atoms with van der Waals surface area (Å²) >= 11 is 4.82. The van der Waals surface area contributed by atoms with Gasteiger partial charge in [0.1, 0.15) is 0 Å². The molecule has 0 aliphatic carbocycles. The molecule has 0 aromatic carbocycles. The summed E-state index contributed by atoms with van der Waals surface area (Å²) in [6.45, 7) is 5.06. The number of carbonyl (C=O) groups is 1. The molecule has 0 spiro atoms. The van der Waals surface area contributed by atoms with E-state index in [0.29, 0.717) is 24.5 Å². The van der Waals surface area contributed by atoms with Crippen LogP contribution in [0.5, 0.6) is 0 Å². The molecule has 1 amide bonds. The normalized spacial score (nSPS) is 12.2. The molecule has 0 heterocycles. The van der Waals surface area contributed by atoms with Gasteiger partial charge in [-0.25, -0.2) is 0 Å². The molecule has 0 aliphatic heterocycles. The van der Waals surface area contributed by atoms with Crippen LogP contribution in [0.4, 0.5) is 0 Å². The van der Waals surface area contributed by atoms with E-state index in [-0.39, 0.29) is 12.0 Å². The lowest BCUT2D eigenvalue weighted by atomic mass is 10.2. The Morgan fingerprint density at radius 3 is 2.62 bits per heavy atom. The zero-order valence-electron chi connectivity index (χ0n) is 10.4. The topological polar surface area (TPSA) is 55.6 Å². The molecule has 0 aliphatic rings. The predicted molar refractivity (Wildman–Crippen MR) is 69.4 cm³/mol. The molecule has 4 nitrogen and oxygen atoms in total. The fraction of sp³-hybridized carbons (Fsp3) is 0.818. The van der Waals surface area contributed by atoms with Crippen LogP contribution in [0.1, 0.15) is 33.1 Å². The summed E-state index contributed by atoms with van der Waals surface area (Å²) in [6, 6.07) is 0. The number of ether oxygens (including phenoxy) is 1. The number of thiocarbonyl (C=S) groups is 1. The number of methoxy groups -OCH3 is 1. The van der Waals surface area contributed by atoms with Crippen molar-refractivity contribution in [3.05, 3.63) is 0 Å². The van der Waals surface area contributed by atoms with Gasteiger partial charge in [0.15, 0.2) is 0 Å². The molecule has 0 fully saturated rings. The van der Waals surface area contributed by atoms with Crippen molar-refractivity contribution in [2.24, 2.45) is 5.73 Å². The predicted octanol–water partition coefficient (Wildman–Crippen LogP) is 1.33. The average molecular weight is 246 g/mol. The van der Waals surface area contributed by atoms with Crippen molar-refractivity contribution >= 4 is 23.1 Å². The minimum Gasteiger partial charge on any atom is -0.392 e. The Hall–Kier alpha value is -0.680. The number of amides is 1. The van der Waals surface area contributed by atoms with E-state index < -0.39 is 0 Å². The Balaban J connectivity index is 4.10. The summed E-state index contributed by atoms with van der Waals surface area (Å²) in [5, 5.41) is 0. The van der Waals surface area contributed by atoms with Crippen LogP contribution in [0.3, 0.4) is 0 Å². The Kier molecular flexibility index (Phi) is 8.11. The first kappa shape index (κ1) is 15.3. The van der Waals surface area contributed by atoms with E-state index in [2.05, 4.69) is 0 Å². The number of nitrogens with two attached hydrogens (primary N) is 1. The molecule has 0 bridgehead atoms. The van der Waals surface area contributed by atoms with Crippen LogP contribution in [-0.2, 0) is 9.53 Å². The molecule has 94 valence electrons. The first-order valence-corrected chi connectivity index (χ1v) is 6.00. The minimum atomic E-state index is 0.0959. The van der Waals surface area contributed by atoms with E-state index in [1.54, 1.807) is 12.0 Å². The minimum absolute atomic E-state index is 0.0959. The van der Waals surface area contributed by atoms with E-state index >= 15 is 0 Å². The second-order valence-corrected chi connectivity index (χ2v) is 4.39. The van der Waals surface area contributed by atoms with Crippen LogP contribution in [0, 0.1) is 0 Å². The highest BCUT2D eigenvalue weighted by molar-refractivity contribution is 7.80. The molecule has 0 radical (unpaired) electrons. The van der Waals surface area contributed by atoms with Crippen LogP contribution in [0.2, 0.25) is 0 Å². The van der Waals surface area contributed by atoms with Gasteiger partial charge < -0.3 is 15.4 Å². The molecule has 0 aromatic heterocycles. The summed E-state index contributed by atoms with van der Waals surface area (Å²) in [7, 11) is 1.65. The van der Waals surface area contributed by atoms with Gasteiger partial charge in [0.2, 0.25) is 5.91 Å². The number of nitrogens with zero attached hydrogens (tertiary/aromatic N) is 1. The fourth-order valence-electron chi connectivity index (χ4n) is 1.35. The van der Waals surface area contributed by atoms with Gasteiger partial charge in [0.25, 0.3) is 0 Å². The average Bonchev–Trinajstić information content (AvgIpc) is 2.24. The molecular weight excluding hydrogens is 224 g/mol. The smallest absolute Gasteiger partial charge is 0.223 e. The quantitative estimate of drug-likeness (QED) is 0.656. The highest BCUT2D eigenvalue weighted by Crippen LogP contribution is 2.04. The molecule has 5 heteroatoms. The Labute approximate surface area is 103 Å². The van der Waals surface area contributed by atoms with E-state index in [1.807, 2.05) is 13.8 Å². The van der Waals surface area contributed by atoms with Crippen molar-refractivity contribution in [3.8, 4) is 0 Å². The Morgan fingerprint density at radius 2 is 2.19 bits per heavy atom. The van der Waals surface area contributed by atoms with Gasteiger partial charge >= 0.3 is 0 Å². The molecule has 0 saturated heterocycles. The van der Waals surface area contributed by atoms with Crippen molar-refractivity contribution in [1.82, 2.24) is 4.90 Å². The Bertz CT molecular complexity index is 234. The van der Waals surface area contributed by atoms with E-state index in [4.69, 9.17) is 22.7 Å². The number of carbonyl (C=O) groups excluding carboxylic acids is 1. The third-order valence-electron chi connectivity index (χ3n) is 2.36. The van der Waals surface area contributed by atoms with Gasteiger partial charge in [-0.05, 0) is 19.8 Å². The van der Waals surface area contributed by atoms with Gasteiger partial charge in [-0.15, -0.1) is 0 Å². The SMILES string of the molecule is CCCN(CC(N)=S)C(=O)CCC(C)OC. The highest BCUT2D eigenvalue weighted by Gasteiger charge is 2.14. The van der Waals surface area contributed by atoms with Gasteiger partial charge in [-0.3, -0.25) is 4.79 Å². The molecule has 2 N–H and O–H groups in total. The maximum atomic E-state index is 11.8. The third-order valence-corrected chi connectivity index (χ3v) is 2.49. The van der Waals surface area contributed by atoms with Gasteiger partial charge in [0.05, 0.1) is 17.6 Å². The summed E-state index contributed by atoms with van der Waals surface area (Å²) < 4.78 is 5.10. The molecule has 0 aromatic rings. The van der Waals surface area contributed by atoms with E-state index in [9.17, 15) is 4.79 Å². The van der Waals surface area contributed by atoms with E-state index in [1.165, 1.54) is 0 Å². The highest BCUT2D eigenvalue weighted by atomic mass is 32.1. The van der Waals surface area contributed by atoms with Crippen LogP contribution in [0.15, 0.2) is 0 Å². The number of hydrogen-bond acceptors (Lipinski definition) is 3. The third kappa shape index (κ3) is 6.74. The lowest BCUT2D eigenvalue weighted by Crippen LogP contribution is -2.38.